The maximum absolute atomic E-state index is 15.5. The average molecular weight is 531 g/mol. The number of amides is 1. The summed E-state index contributed by atoms with van der Waals surface area (Å²) in [5, 5.41) is 0.737. The van der Waals surface area contributed by atoms with Gasteiger partial charge >= 0.3 is 0 Å². The number of aromatic nitrogens is 1. The molecule has 4 aliphatic heterocycles. The summed E-state index contributed by atoms with van der Waals surface area (Å²) in [7, 11) is 2.16. The van der Waals surface area contributed by atoms with Crippen molar-refractivity contribution in [3.8, 4) is 5.75 Å². The van der Waals surface area contributed by atoms with Gasteiger partial charge in [0.25, 0.3) is 5.91 Å². The van der Waals surface area contributed by atoms with Crippen LogP contribution in [0, 0.1) is 11.7 Å². The summed E-state index contributed by atoms with van der Waals surface area (Å²) >= 11 is 0. The lowest BCUT2D eigenvalue weighted by Gasteiger charge is -2.39. The molecule has 0 radical (unpaired) electrons. The standard InChI is InChI=1S/C31H35FN4O3/c1-18-3-5-27(19-4-6-28-20(11-19)14-31(39-28)7-9-35(2)10-8-31)36(15-18)30(37)22-12-21-23-16-38-17-24(23)29(33)34-26(21)13-25(22)32/h4,6,11-13,18,27H,3,5,7-10,14-17H2,1-2H3,(H2,33,34)/t18-,27?/m0/s1. The van der Waals surface area contributed by atoms with Crippen LogP contribution in [0.3, 0.4) is 0 Å². The lowest BCUT2D eigenvalue weighted by Crippen LogP contribution is -2.45. The van der Waals surface area contributed by atoms with E-state index in [0.29, 0.717) is 37.0 Å². The molecule has 2 saturated heterocycles. The van der Waals surface area contributed by atoms with E-state index in [2.05, 4.69) is 42.1 Å². The van der Waals surface area contributed by atoms with Crippen molar-refractivity contribution in [3.63, 3.8) is 0 Å². The zero-order valence-corrected chi connectivity index (χ0v) is 22.6. The number of nitrogens with zero attached hydrogens (tertiary/aromatic N) is 3. The Hall–Kier alpha value is -3.23. The molecule has 2 N–H and O–H groups in total. The first-order valence-corrected chi connectivity index (χ1v) is 14.1. The van der Waals surface area contributed by atoms with Gasteiger partial charge in [-0.25, -0.2) is 9.37 Å². The van der Waals surface area contributed by atoms with Gasteiger partial charge in [-0.3, -0.25) is 4.79 Å². The molecule has 7 nitrogen and oxygen atoms in total. The number of fused-ring (bicyclic) bond motifs is 4. The molecular weight excluding hydrogens is 495 g/mol. The molecule has 5 heterocycles. The third-order valence-electron chi connectivity index (χ3n) is 9.33. The quantitative estimate of drug-likeness (QED) is 0.502. The molecule has 7 rings (SSSR count). The van der Waals surface area contributed by atoms with Gasteiger partial charge in [-0.15, -0.1) is 0 Å². The smallest absolute Gasteiger partial charge is 0.257 e. The third-order valence-corrected chi connectivity index (χ3v) is 9.33. The molecule has 39 heavy (non-hydrogen) atoms. The first-order chi connectivity index (χ1) is 18.8. The largest absolute Gasteiger partial charge is 0.487 e. The van der Waals surface area contributed by atoms with Crippen LogP contribution in [0.15, 0.2) is 30.3 Å². The SMILES string of the molecule is C[C@H]1CCC(c2ccc3c(c2)CC2(CCN(C)CC2)O3)N(C(=O)c2cc3c4c(c(N)nc3cc2F)COC4)C1. The lowest BCUT2D eigenvalue weighted by atomic mass is 9.85. The minimum absolute atomic E-state index is 0.0806. The van der Waals surface area contributed by atoms with Crippen LogP contribution >= 0.6 is 0 Å². The second-order valence-electron chi connectivity index (χ2n) is 12.1. The van der Waals surface area contributed by atoms with Crippen molar-refractivity contribution in [2.45, 2.75) is 63.9 Å². The molecule has 0 bridgehead atoms. The van der Waals surface area contributed by atoms with Crippen LogP contribution in [0.5, 0.6) is 5.75 Å². The Labute approximate surface area is 228 Å². The van der Waals surface area contributed by atoms with Crippen LogP contribution in [0.4, 0.5) is 10.2 Å². The number of rotatable bonds is 2. The number of carbonyl (C=O) groups is 1. The second kappa shape index (κ2) is 9.17. The first-order valence-electron chi connectivity index (χ1n) is 14.1. The maximum Gasteiger partial charge on any atom is 0.257 e. The van der Waals surface area contributed by atoms with E-state index in [4.69, 9.17) is 15.2 Å². The fraction of sp³-hybridized carbons (Fsp3) is 0.484. The number of carbonyl (C=O) groups excluding carboxylic acids is 1. The van der Waals surface area contributed by atoms with E-state index in [1.165, 1.54) is 11.6 Å². The molecule has 2 aromatic carbocycles. The van der Waals surface area contributed by atoms with Crippen LogP contribution in [-0.4, -0.2) is 53.0 Å². The predicted molar refractivity (Wildman–Crippen MR) is 147 cm³/mol. The highest BCUT2D eigenvalue weighted by molar-refractivity contribution is 6.00. The fourth-order valence-corrected chi connectivity index (χ4v) is 7.00. The van der Waals surface area contributed by atoms with Crippen LogP contribution in [0.1, 0.15) is 71.3 Å². The summed E-state index contributed by atoms with van der Waals surface area (Å²) in [6.45, 7) is 5.60. The number of piperidine rings is 2. The van der Waals surface area contributed by atoms with Gasteiger partial charge in [0.1, 0.15) is 23.0 Å². The monoisotopic (exact) mass is 530 g/mol. The molecular formula is C31H35FN4O3. The third kappa shape index (κ3) is 4.16. The van der Waals surface area contributed by atoms with E-state index in [0.717, 1.165) is 73.0 Å². The fourth-order valence-electron chi connectivity index (χ4n) is 7.00. The van der Waals surface area contributed by atoms with Crippen molar-refractivity contribution < 1.29 is 18.7 Å². The number of anilines is 1. The van der Waals surface area contributed by atoms with Crippen molar-refractivity contribution in [1.82, 2.24) is 14.8 Å². The Balaban J connectivity index is 1.22. The summed E-state index contributed by atoms with van der Waals surface area (Å²) in [6.07, 6.45) is 4.82. The van der Waals surface area contributed by atoms with Crippen molar-refractivity contribution in [2.75, 3.05) is 32.4 Å². The van der Waals surface area contributed by atoms with Crippen molar-refractivity contribution in [1.29, 1.82) is 0 Å². The van der Waals surface area contributed by atoms with Crippen LogP contribution < -0.4 is 10.5 Å². The highest BCUT2D eigenvalue weighted by Crippen LogP contribution is 2.44. The van der Waals surface area contributed by atoms with Gasteiger partial charge in [0.2, 0.25) is 0 Å². The Morgan fingerprint density at radius 2 is 1.92 bits per heavy atom. The van der Waals surface area contributed by atoms with Gasteiger partial charge in [0, 0.05) is 55.9 Å². The number of hydrogen-bond acceptors (Lipinski definition) is 6. The number of likely N-dealkylation sites (tertiary alicyclic amines) is 2. The van der Waals surface area contributed by atoms with Gasteiger partial charge in [-0.1, -0.05) is 13.0 Å². The Morgan fingerprint density at radius 1 is 1.13 bits per heavy atom. The van der Waals surface area contributed by atoms with Crippen molar-refractivity contribution in [3.05, 3.63) is 64.0 Å². The van der Waals surface area contributed by atoms with E-state index < -0.39 is 5.82 Å². The predicted octanol–water partition coefficient (Wildman–Crippen LogP) is 5.00. The molecule has 1 aromatic heterocycles. The second-order valence-corrected chi connectivity index (χ2v) is 12.1. The minimum Gasteiger partial charge on any atom is -0.487 e. The van der Waals surface area contributed by atoms with Gasteiger partial charge in [-0.2, -0.15) is 0 Å². The molecule has 3 aromatic rings. The van der Waals surface area contributed by atoms with Crippen LogP contribution in [-0.2, 0) is 24.4 Å². The van der Waals surface area contributed by atoms with Gasteiger partial charge in [0.15, 0.2) is 0 Å². The summed E-state index contributed by atoms with van der Waals surface area (Å²) in [5.74, 6) is 0.823. The van der Waals surface area contributed by atoms with Crippen molar-refractivity contribution in [2.24, 2.45) is 5.92 Å². The molecule has 2 fully saturated rings. The van der Waals surface area contributed by atoms with E-state index >= 15 is 4.39 Å². The zero-order chi connectivity index (χ0) is 26.9. The van der Waals surface area contributed by atoms with Crippen molar-refractivity contribution >= 4 is 22.6 Å². The molecule has 8 heteroatoms. The lowest BCUT2D eigenvalue weighted by molar-refractivity contribution is 0.0271. The molecule has 2 atom stereocenters. The Morgan fingerprint density at radius 3 is 2.74 bits per heavy atom. The first kappa shape index (κ1) is 24.8. The van der Waals surface area contributed by atoms with E-state index in [-0.39, 0.29) is 23.1 Å². The van der Waals surface area contributed by atoms with Gasteiger partial charge in [-0.05, 0) is 60.7 Å². The summed E-state index contributed by atoms with van der Waals surface area (Å²) in [6, 6.07) is 9.30. The molecule has 0 aliphatic carbocycles. The molecule has 1 amide bonds. The molecule has 0 saturated carbocycles. The number of pyridine rings is 1. The van der Waals surface area contributed by atoms with E-state index in [1.54, 1.807) is 6.07 Å². The van der Waals surface area contributed by atoms with E-state index in [1.807, 2.05) is 4.90 Å². The van der Waals surface area contributed by atoms with Gasteiger partial charge < -0.3 is 25.0 Å². The Kier molecular flexibility index (Phi) is 5.83. The van der Waals surface area contributed by atoms with Crippen LogP contribution in [0.2, 0.25) is 0 Å². The summed E-state index contributed by atoms with van der Waals surface area (Å²) in [4.78, 5) is 22.7. The van der Waals surface area contributed by atoms with Gasteiger partial charge in [0.05, 0.1) is 30.3 Å². The number of benzene rings is 2. The normalized spacial score (nSPS) is 24.1. The zero-order valence-electron chi connectivity index (χ0n) is 22.6. The topological polar surface area (TPSA) is 80.9 Å². The summed E-state index contributed by atoms with van der Waals surface area (Å²) < 4.78 is 27.6. The number of halogens is 1. The molecule has 204 valence electrons. The van der Waals surface area contributed by atoms with Crippen LogP contribution in [0.25, 0.3) is 10.9 Å². The minimum atomic E-state index is -0.568. The molecule has 1 unspecified atom stereocenters. The number of nitrogen functional groups attached to an aromatic ring is 1. The molecule has 1 spiro atoms. The summed E-state index contributed by atoms with van der Waals surface area (Å²) in [5.41, 5.74) is 10.6. The molecule has 4 aliphatic rings. The number of nitrogens with two attached hydrogens (primary N) is 1. The number of hydrogen-bond donors (Lipinski definition) is 1. The highest BCUT2D eigenvalue weighted by Gasteiger charge is 2.42. The van der Waals surface area contributed by atoms with E-state index in [9.17, 15) is 4.79 Å². The number of ether oxygens (including phenoxy) is 2. The maximum atomic E-state index is 15.5. The highest BCUT2D eigenvalue weighted by atomic mass is 19.1. The Bertz CT molecular complexity index is 1480. The average Bonchev–Trinajstić information content (AvgIpc) is 3.55.